The molecule has 0 saturated carbocycles. The highest BCUT2D eigenvalue weighted by Crippen LogP contribution is 2.34. The van der Waals surface area contributed by atoms with Crippen LogP contribution in [0.2, 0.25) is 0 Å². The van der Waals surface area contributed by atoms with Crippen LogP contribution in [0.1, 0.15) is 24.9 Å². The summed E-state index contributed by atoms with van der Waals surface area (Å²) in [6.45, 7) is 2.65. The lowest BCUT2D eigenvalue weighted by molar-refractivity contribution is 0.0958. The lowest BCUT2D eigenvalue weighted by Crippen LogP contribution is -2.30. The van der Waals surface area contributed by atoms with Crippen molar-refractivity contribution in [3.05, 3.63) is 35.4 Å². The van der Waals surface area contributed by atoms with Gasteiger partial charge in [0, 0.05) is 24.1 Å². The Morgan fingerprint density at radius 1 is 1.41 bits per heavy atom. The third-order valence-electron chi connectivity index (χ3n) is 3.47. The maximum Gasteiger partial charge on any atom is 0.128 e. The molecule has 2 rings (SSSR count). The summed E-state index contributed by atoms with van der Waals surface area (Å²) in [5.41, 5.74) is 0.384. The van der Waals surface area contributed by atoms with Crippen LogP contribution in [0.4, 0.5) is 8.78 Å². The quantitative estimate of drug-likeness (QED) is 0.878. The molecule has 0 aromatic heterocycles. The summed E-state index contributed by atoms with van der Waals surface area (Å²) in [5, 5.41) is 3.07. The Bertz CT molecular complexity index is 397. The zero-order valence-corrected chi connectivity index (χ0v) is 10.0. The van der Waals surface area contributed by atoms with Crippen molar-refractivity contribution in [3.8, 4) is 0 Å². The van der Waals surface area contributed by atoms with E-state index < -0.39 is 5.82 Å². The fourth-order valence-corrected chi connectivity index (χ4v) is 2.54. The average molecular weight is 241 g/mol. The molecule has 1 aromatic rings. The third kappa shape index (κ3) is 2.48. The smallest absolute Gasteiger partial charge is 0.128 e. The fraction of sp³-hybridized carbons (Fsp3) is 0.538. The summed E-state index contributed by atoms with van der Waals surface area (Å²) in [7, 11) is 1.76. The highest BCUT2D eigenvalue weighted by molar-refractivity contribution is 5.23. The van der Waals surface area contributed by atoms with E-state index in [-0.39, 0.29) is 23.9 Å². The topological polar surface area (TPSA) is 21.3 Å². The lowest BCUT2D eigenvalue weighted by atomic mass is 9.88. The van der Waals surface area contributed by atoms with Gasteiger partial charge in [0.25, 0.3) is 0 Å². The summed E-state index contributed by atoms with van der Waals surface area (Å²) in [4.78, 5) is 0. The average Bonchev–Trinajstić information content (AvgIpc) is 2.71. The Kier molecular flexibility index (Phi) is 3.74. The molecule has 17 heavy (non-hydrogen) atoms. The van der Waals surface area contributed by atoms with Crippen LogP contribution in [-0.2, 0) is 4.74 Å². The van der Waals surface area contributed by atoms with Gasteiger partial charge in [-0.3, -0.25) is 0 Å². The van der Waals surface area contributed by atoms with Gasteiger partial charge in [0.15, 0.2) is 0 Å². The molecule has 1 fully saturated rings. The molecule has 1 N–H and O–H groups in total. The van der Waals surface area contributed by atoms with Gasteiger partial charge >= 0.3 is 0 Å². The zero-order valence-electron chi connectivity index (χ0n) is 10.0. The van der Waals surface area contributed by atoms with Crippen molar-refractivity contribution >= 4 is 0 Å². The van der Waals surface area contributed by atoms with E-state index in [2.05, 4.69) is 5.32 Å². The molecule has 1 aliphatic rings. The van der Waals surface area contributed by atoms with E-state index in [1.807, 2.05) is 6.92 Å². The Labute approximate surface area is 100.0 Å². The maximum absolute atomic E-state index is 13.7. The third-order valence-corrected chi connectivity index (χ3v) is 3.47. The molecule has 0 aliphatic carbocycles. The van der Waals surface area contributed by atoms with Gasteiger partial charge in [0.1, 0.15) is 11.6 Å². The second kappa shape index (κ2) is 5.10. The fourth-order valence-electron chi connectivity index (χ4n) is 2.54. The summed E-state index contributed by atoms with van der Waals surface area (Å²) in [6, 6.07) is 3.38. The first kappa shape index (κ1) is 12.5. The predicted octanol–water partition coefficient (Wildman–Crippen LogP) is 2.65. The van der Waals surface area contributed by atoms with E-state index >= 15 is 0 Å². The Balaban J connectivity index is 2.31. The molecule has 3 atom stereocenters. The van der Waals surface area contributed by atoms with E-state index in [1.54, 1.807) is 7.05 Å². The van der Waals surface area contributed by atoms with Crippen LogP contribution in [0.15, 0.2) is 18.2 Å². The normalized spacial score (nSPS) is 26.1. The number of benzene rings is 1. The van der Waals surface area contributed by atoms with Crippen LogP contribution in [0, 0.1) is 17.6 Å². The molecule has 0 amide bonds. The van der Waals surface area contributed by atoms with Crippen LogP contribution < -0.4 is 5.32 Å². The molecular weight excluding hydrogens is 224 g/mol. The largest absolute Gasteiger partial charge is 0.378 e. The van der Waals surface area contributed by atoms with Crippen molar-refractivity contribution in [2.45, 2.75) is 25.5 Å². The number of hydrogen-bond acceptors (Lipinski definition) is 2. The maximum atomic E-state index is 13.7. The summed E-state index contributed by atoms with van der Waals surface area (Å²) >= 11 is 0. The predicted molar refractivity (Wildman–Crippen MR) is 61.7 cm³/mol. The Morgan fingerprint density at radius 3 is 2.76 bits per heavy atom. The first-order chi connectivity index (χ1) is 8.13. The van der Waals surface area contributed by atoms with Crippen molar-refractivity contribution in [2.75, 3.05) is 13.7 Å². The van der Waals surface area contributed by atoms with Crippen molar-refractivity contribution in [1.82, 2.24) is 5.32 Å². The monoisotopic (exact) mass is 241 g/mol. The first-order valence-corrected chi connectivity index (χ1v) is 5.87. The van der Waals surface area contributed by atoms with Crippen LogP contribution >= 0.6 is 0 Å². The molecular formula is C13H17F2NO. The molecule has 1 aliphatic heterocycles. The minimum Gasteiger partial charge on any atom is -0.378 e. The first-order valence-electron chi connectivity index (χ1n) is 5.87. The van der Waals surface area contributed by atoms with E-state index in [9.17, 15) is 8.78 Å². The van der Waals surface area contributed by atoms with Gasteiger partial charge in [-0.25, -0.2) is 8.78 Å². The summed E-state index contributed by atoms with van der Waals surface area (Å²) in [6.07, 6.45) is 0.929. The molecule has 1 aromatic carbocycles. The van der Waals surface area contributed by atoms with Crippen LogP contribution in [-0.4, -0.2) is 19.8 Å². The molecule has 4 heteroatoms. The van der Waals surface area contributed by atoms with Crippen molar-refractivity contribution in [3.63, 3.8) is 0 Å². The van der Waals surface area contributed by atoms with E-state index in [0.29, 0.717) is 12.2 Å². The highest BCUT2D eigenvalue weighted by Gasteiger charge is 2.33. The second-order valence-electron chi connectivity index (χ2n) is 4.46. The zero-order chi connectivity index (χ0) is 12.4. The number of ether oxygens (including phenoxy) is 1. The number of hydrogen-bond donors (Lipinski definition) is 1. The number of rotatable bonds is 3. The van der Waals surface area contributed by atoms with Gasteiger partial charge in [0.05, 0.1) is 6.10 Å². The molecule has 1 saturated heterocycles. The van der Waals surface area contributed by atoms with Crippen LogP contribution in [0.25, 0.3) is 0 Å². The van der Waals surface area contributed by atoms with Crippen molar-refractivity contribution < 1.29 is 13.5 Å². The molecule has 0 radical (unpaired) electrons. The Morgan fingerprint density at radius 2 is 2.18 bits per heavy atom. The molecule has 2 nitrogen and oxygen atoms in total. The van der Waals surface area contributed by atoms with Crippen LogP contribution in [0.5, 0.6) is 0 Å². The number of halogens is 2. The van der Waals surface area contributed by atoms with E-state index in [4.69, 9.17) is 4.74 Å². The van der Waals surface area contributed by atoms with Crippen molar-refractivity contribution in [2.24, 2.45) is 5.92 Å². The van der Waals surface area contributed by atoms with Gasteiger partial charge < -0.3 is 10.1 Å². The lowest BCUT2D eigenvalue weighted by Gasteiger charge is -2.26. The van der Waals surface area contributed by atoms with Gasteiger partial charge in [-0.1, -0.05) is 0 Å². The SMILES string of the molecule is CNC(c1cc(F)ccc1F)C1CCOC1C. The summed E-state index contributed by atoms with van der Waals surface area (Å²) < 4.78 is 32.4. The molecule has 1 heterocycles. The minimum absolute atomic E-state index is 0.0649. The van der Waals surface area contributed by atoms with Gasteiger partial charge in [-0.2, -0.15) is 0 Å². The van der Waals surface area contributed by atoms with E-state index in [1.165, 1.54) is 12.1 Å². The van der Waals surface area contributed by atoms with Crippen molar-refractivity contribution in [1.29, 1.82) is 0 Å². The summed E-state index contributed by atoms with van der Waals surface area (Å²) in [5.74, 6) is -0.602. The second-order valence-corrected chi connectivity index (χ2v) is 4.46. The molecule has 3 unspecified atom stereocenters. The Hall–Kier alpha value is -1.00. The standard InChI is InChI=1S/C13H17F2NO/c1-8-10(5-6-17-8)13(16-2)11-7-9(14)3-4-12(11)15/h3-4,7-8,10,13,16H,5-6H2,1-2H3. The van der Waals surface area contributed by atoms with Gasteiger partial charge in [-0.05, 0) is 38.6 Å². The van der Waals surface area contributed by atoms with Gasteiger partial charge in [0.2, 0.25) is 0 Å². The molecule has 0 bridgehead atoms. The number of nitrogens with one attached hydrogen (secondary N) is 1. The molecule has 0 spiro atoms. The van der Waals surface area contributed by atoms with E-state index in [0.717, 1.165) is 12.5 Å². The van der Waals surface area contributed by atoms with Gasteiger partial charge in [-0.15, -0.1) is 0 Å². The highest BCUT2D eigenvalue weighted by atomic mass is 19.1. The van der Waals surface area contributed by atoms with Crippen LogP contribution in [0.3, 0.4) is 0 Å². The minimum atomic E-state index is -0.409. The molecule has 94 valence electrons.